The number of rotatable bonds is 4. The number of hydrogen-bond acceptors (Lipinski definition) is 3. The van der Waals surface area contributed by atoms with Gasteiger partial charge in [0, 0.05) is 38.2 Å². The summed E-state index contributed by atoms with van der Waals surface area (Å²) in [5.41, 5.74) is 9.36. The summed E-state index contributed by atoms with van der Waals surface area (Å²) in [6.07, 6.45) is 0. The smallest absolute Gasteiger partial charge is 0.256 e. The first kappa shape index (κ1) is 18.2. The fourth-order valence-electron chi connectivity index (χ4n) is 2.19. The predicted octanol–water partition coefficient (Wildman–Crippen LogP) is 3.88. The number of benzene rings is 2. The number of carbonyl (C=O) groups is 1. The van der Waals surface area contributed by atoms with E-state index in [1.165, 1.54) is 0 Å². The van der Waals surface area contributed by atoms with E-state index in [4.69, 9.17) is 5.73 Å². The van der Waals surface area contributed by atoms with Gasteiger partial charge in [0.05, 0.1) is 0 Å². The van der Waals surface area contributed by atoms with E-state index in [0.717, 1.165) is 11.1 Å². The van der Waals surface area contributed by atoms with Gasteiger partial charge in [0.25, 0.3) is 5.91 Å². The van der Waals surface area contributed by atoms with E-state index in [2.05, 4.69) is 5.32 Å². The third-order valence-electron chi connectivity index (χ3n) is 3.67. The minimum atomic E-state index is -0.981. The summed E-state index contributed by atoms with van der Waals surface area (Å²) in [5, 5.41) is 2.89. The zero-order valence-electron chi connectivity index (χ0n) is 14.6. The number of amides is 1. The molecule has 1 amide bonds. The lowest BCUT2D eigenvalue weighted by atomic mass is 10.1. The molecule has 0 aromatic heterocycles. The van der Waals surface area contributed by atoms with Crippen molar-refractivity contribution in [2.24, 2.45) is 0 Å². The molecule has 0 bridgehead atoms. The fraction of sp³-hybridized carbons (Fsp3) is 0.316. The van der Waals surface area contributed by atoms with E-state index >= 15 is 0 Å². The molecule has 0 saturated heterocycles. The first-order valence-corrected chi connectivity index (χ1v) is 9.13. The van der Waals surface area contributed by atoms with E-state index in [1.54, 1.807) is 12.1 Å². The summed E-state index contributed by atoms with van der Waals surface area (Å²) in [6, 6.07) is 12.7. The van der Waals surface area contributed by atoms with Gasteiger partial charge >= 0.3 is 0 Å². The number of nitrogens with two attached hydrogens (primary N) is 1. The molecule has 24 heavy (non-hydrogen) atoms. The molecule has 0 fully saturated rings. The molecule has 0 aliphatic heterocycles. The van der Waals surface area contributed by atoms with Gasteiger partial charge in [-0.05, 0) is 63.1 Å². The topological polar surface area (TPSA) is 72.2 Å². The molecule has 0 heterocycles. The standard InChI is InChI=1S/C19H24N2O2S/c1-13-8-9-15(20)11-17(13)18(22)21-16-7-5-6-14(10-16)12-24(23)19(2,3)4/h5-11H,12,20H2,1-4H3,(H,21,22). The Kier molecular flexibility index (Phi) is 5.44. The minimum Gasteiger partial charge on any atom is -0.399 e. The van der Waals surface area contributed by atoms with Crippen LogP contribution in [-0.2, 0) is 16.6 Å². The Bertz CT molecular complexity index is 779. The largest absolute Gasteiger partial charge is 0.399 e. The van der Waals surface area contributed by atoms with E-state index in [0.29, 0.717) is 22.7 Å². The SMILES string of the molecule is Cc1ccc(N)cc1C(=O)Nc1cccc(CS(=O)C(C)(C)C)c1. The van der Waals surface area contributed by atoms with Crippen molar-refractivity contribution in [1.29, 1.82) is 0 Å². The maximum atomic E-state index is 12.5. The molecule has 3 N–H and O–H groups in total. The van der Waals surface area contributed by atoms with Gasteiger partial charge in [0.15, 0.2) is 0 Å². The normalized spacial score (nSPS) is 12.7. The zero-order chi connectivity index (χ0) is 17.9. The second-order valence-electron chi connectivity index (χ2n) is 6.83. The van der Waals surface area contributed by atoms with Crippen LogP contribution in [0.25, 0.3) is 0 Å². The lowest BCUT2D eigenvalue weighted by Gasteiger charge is -2.18. The van der Waals surface area contributed by atoms with Gasteiger partial charge in [0.1, 0.15) is 0 Å². The number of anilines is 2. The number of hydrogen-bond donors (Lipinski definition) is 2. The van der Waals surface area contributed by atoms with Crippen LogP contribution in [0.5, 0.6) is 0 Å². The van der Waals surface area contributed by atoms with E-state index in [-0.39, 0.29) is 10.7 Å². The fourth-order valence-corrected chi connectivity index (χ4v) is 3.10. The predicted molar refractivity (Wildman–Crippen MR) is 102 cm³/mol. The monoisotopic (exact) mass is 344 g/mol. The van der Waals surface area contributed by atoms with Crippen molar-refractivity contribution in [3.8, 4) is 0 Å². The summed E-state index contributed by atoms with van der Waals surface area (Å²) < 4.78 is 12.0. The maximum Gasteiger partial charge on any atom is 0.256 e. The highest BCUT2D eigenvalue weighted by molar-refractivity contribution is 7.85. The third kappa shape index (κ3) is 4.68. The van der Waals surface area contributed by atoms with Gasteiger partial charge in [-0.2, -0.15) is 0 Å². The quantitative estimate of drug-likeness (QED) is 0.827. The molecular formula is C19H24N2O2S. The molecule has 0 aliphatic carbocycles. The van der Waals surface area contributed by atoms with Crippen LogP contribution < -0.4 is 11.1 Å². The molecule has 2 rings (SSSR count). The van der Waals surface area contributed by atoms with Crippen LogP contribution in [0.3, 0.4) is 0 Å². The average molecular weight is 344 g/mol. The van der Waals surface area contributed by atoms with Crippen molar-refractivity contribution in [1.82, 2.24) is 0 Å². The van der Waals surface area contributed by atoms with Crippen LogP contribution in [0, 0.1) is 6.92 Å². The molecule has 5 heteroatoms. The summed E-state index contributed by atoms with van der Waals surface area (Å²) in [4.78, 5) is 12.5. The molecule has 2 aromatic carbocycles. The Hall–Kier alpha value is -2.14. The second kappa shape index (κ2) is 7.18. The average Bonchev–Trinajstić information content (AvgIpc) is 2.49. The van der Waals surface area contributed by atoms with Gasteiger partial charge in [-0.25, -0.2) is 0 Å². The number of nitrogens with one attached hydrogen (secondary N) is 1. The van der Waals surface area contributed by atoms with Crippen molar-refractivity contribution >= 4 is 28.1 Å². The van der Waals surface area contributed by atoms with Gasteiger partial charge in [-0.15, -0.1) is 0 Å². The van der Waals surface area contributed by atoms with Gasteiger partial charge < -0.3 is 11.1 Å². The number of carbonyl (C=O) groups excluding carboxylic acids is 1. The van der Waals surface area contributed by atoms with Gasteiger partial charge in [0.2, 0.25) is 0 Å². The first-order chi connectivity index (χ1) is 11.2. The second-order valence-corrected chi connectivity index (χ2v) is 9.04. The van der Waals surface area contributed by atoms with Gasteiger partial charge in [-0.3, -0.25) is 9.00 Å². The minimum absolute atomic E-state index is 0.200. The van der Waals surface area contributed by atoms with E-state index in [1.807, 2.05) is 58.0 Å². The summed E-state index contributed by atoms with van der Waals surface area (Å²) in [7, 11) is -0.981. The third-order valence-corrected chi connectivity index (χ3v) is 5.63. The summed E-state index contributed by atoms with van der Waals surface area (Å²) >= 11 is 0. The summed E-state index contributed by atoms with van der Waals surface area (Å²) in [6.45, 7) is 7.74. The van der Waals surface area contributed by atoms with Crippen LogP contribution in [0.15, 0.2) is 42.5 Å². The lowest BCUT2D eigenvalue weighted by Crippen LogP contribution is -2.23. The first-order valence-electron chi connectivity index (χ1n) is 7.82. The van der Waals surface area contributed by atoms with Crippen molar-refractivity contribution in [2.45, 2.75) is 38.2 Å². The Labute approximate surface area is 145 Å². The zero-order valence-corrected chi connectivity index (χ0v) is 15.4. The molecule has 4 nitrogen and oxygen atoms in total. The molecular weight excluding hydrogens is 320 g/mol. The van der Waals surface area contributed by atoms with E-state index in [9.17, 15) is 9.00 Å². The molecule has 2 aromatic rings. The molecule has 0 aliphatic rings. The summed E-state index contributed by atoms with van der Waals surface area (Å²) in [5.74, 6) is 0.263. The molecule has 1 atom stereocenters. The Morgan fingerprint density at radius 2 is 1.88 bits per heavy atom. The van der Waals surface area contributed by atoms with Crippen molar-refractivity contribution < 1.29 is 9.00 Å². The van der Waals surface area contributed by atoms with Crippen LogP contribution in [0.1, 0.15) is 42.3 Å². The van der Waals surface area contributed by atoms with Crippen LogP contribution in [-0.4, -0.2) is 14.9 Å². The van der Waals surface area contributed by atoms with Gasteiger partial charge in [-0.1, -0.05) is 18.2 Å². The van der Waals surface area contributed by atoms with Crippen molar-refractivity contribution in [3.63, 3.8) is 0 Å². The maximum absolute atomic E-state index is 12.5. The van der Waals surface area contributed by atoms with Crippen LogP contribution in [0.4, 0.5) is 11.4 Å². The molecule has 128 valence electrons. The van der Waals surface area contributed by atoms with E-state index < -0.39 is 10.8 Å². The highest BCUT2D eigenvalue weighted by Crippen LogP contribution is 2.20. The lowest BCUT2D eigenvalue weighted by molar-refractivity contribution is 0.102. The van der Waals surface area contributed by atoms with Crippen LogP contribution in [0.2, 0.25) is 0 Å². The molecule has 0 saturated carbocycles. The Morgan fingerprint density at radius 3 is 2.54 bits per heavy atom. The molecule has 1 unspecified atom stereocenters. The molecule has 0 spiro atoms. The molecule has 0 radical (unpaired) electrons. The highest BCUT2D eigenvalue weighted by atomic mass is 32.2. The van der Waals surface area contributed by atoms with Crippen molar-refractivity contribution in [3.05, 3.63) is 59.2 Å². The Morgan fingerprint density at radius 1 is 1.17 bits per heavy atom. The Balaban J connectivity index is 2.16. The number of nitrogen functional groups attached to an aromatic ring is 1. The van der Waals surface area contributed by atoms with Crippen molar-refractivity contribution in [2.75, 3.05) is 11.1 Å². The highest BCUT2D eigenvalue weighted by Gasteiger charge is 2.19. The van der Waals surface area contributed by atoms with Crippen LogP contribution >= 0.6 is 0 Å². The number of aryl methyl sites for hydroxylation is 1.